The zero-order valence-electron chi connectivity index (χ0n) is 10.7. The molecule has 0 aliphatic heterocycles. The van der Waals surface area contributed by atoms with Crippen LogP contribution in [0.25, 0.3) is 0 Å². The van der Waals surface area contributed by atoms with Crippen LogP contribution in [0.3, 0.4) is 0 Å². The molecule has 1 N–H and O–H groups in total. The maximum Gasteiger partial charge on any atom is 0.253 e. The molecular formula is C12H11F4N3O. The molecule has 0 saturated heterocycles. The van der Waals surface area contributed by atoms with Gasteiger partial charge in [0, 0.05) is 6.07 Å². The average molecular weight is 289 g/mol. The van der Waals surface area contributed by atoms with Crippen molar-refractivity contribution in [2.75, 3.05) is 5.32 Å². The van der Waals surface area contributed by atoms with E-state index in [4.69, 9.17) is 4.52 Å². The van der Waals surface area contributed by atoms with Gasteiger partial charge in [-0.2, -0.15) is 22.5 Å². The first kappa shape index (κ1) is 14.3. The molecule has 0 saturated carbocycles. The zero-order valence-corrected chi connectivity index (χ0v) is 10.7. The summed E-state index contributed by atoms with van der Waals surface area (Å²) in [6.45, 7) is 3.61. The molecule has 0 unspecified atom stereocenters. The predicted octanol–water partition coefficient (Wildman–Crippen LogP) is 3.36. The van der Waals surface area contributed by atoms with Gasteiger partial charge in [0.1, 0.15) is 5.69 Å². The van der Waals surface area contributed by atoms with E-state index in [1.54, 1.807) is 6.07 Å². The van der Waals surface area contributed by atoms with E-state index in [1.165, 1.54) is 0 Å². The van der Waals surface area contributed by atoms with Crippen LogP contribution in [0.15, 0.2) is 10.6 Å². The van der Waals surface area contributed by atoms with Crippen molar-refractivity contribution in [3.05, 3.63) is 41.1 Å². The lowest BCUT2D eigenvalue weighted by molar-refractivity contribution is 0.377. The minimum absolute atomic E-state index is 0.122. The average Bonchev–Trinajstić information content (AvgIpc) is 2.85. The Morgan fingerprint density at radius 3 is 2.25 bits per heavy atom. The molecular weight excluding hydrogens is 278 g/mol. The third kappa shape index (κ3) is 2.73. The maximum atomic E-state index is 13.3. The molecule has 0 atom stereocenters. The van der Waals surface area contributed by atoms with Crippen molar-refractivity contribution in [1.82, 2.24) is 10.1 Å². The van der Waals surface area contributed by atoms with E-state index in [2.05, 4.69) is 15.5 Å². The monoisotopic (exact) mass is 289 g/mol. The molecule has 2 heterocycles. The second-order valence-corrected chi connectivity index (χ2v) is 4.42. The first-order valence-electron chi connectivity index (χ1n) is 5.79. The Morgan fingerprint density at radius 1 is 1.15 bits per heavy atom. The van der Waals surface area contributed by atoms with Gasteiger partial charge in [0.25, 0.3) is 11.9 Å². The van der Waals surface area contributed by atoms with Gasteiger partial charge in [0.2, 0.25) is 11.6 Å². The molecule has 2 aromatic rings. The SMILES string of the molecule is CC(C)c1cc(CNc2c(F)c(F)nc(F)c2F)on1. The fraction of sp³-hybridized carbons (Fsp3) is 0.333. The summed E-state index contributed by atoms with van der Waals surface area (Å²) in [5.74, 6) is -6.21. The van der Waals surface area contributed by atoms with E-state index < -0.39 is 29.2 Å². The van der Waals surface area contributed by atoms with Gasteiger partial charge < -0.3 is 9.84 Å². The van der Waals surface area contributed by atoms with Crippen molar-refractivity contribution in [2.45, 2.75) is 26.3 Å². The summed E-state index contributed by atoms with van der Waals surface area (Å²) in [5.41, 5.74) is -0.271. The molecule has 0 fully saturated rings. The Hall–Kier alpha value is -2.12. The van der Waals surface area contributed by atoms with Crippen molar-refractivity contribution in [1.29, 1.82) is 0 Å². The highest BCUT2D eigenvalue weighted by Crippen LogP contribution is 2.23. The number of aromatic nitrogens is 2. The summed E-state index contributed by atoms with van der Waals surface area (Å²) >= 11 is 0. The van der Waals surface area contributed by atoms with E-state index in [1.807, 2.05) is 13.8 Å². The standard InChI is InChI=1S/C12H11F4N3O/c1-5(2)7-3-6(20-19-7)4-17-10-8(13)11(15)18-12(16)9(10)14/h3,5H,4H2,1-2H3,(H,17,18). The van der Waals surface area contributed by atoms with Crippen LogP contribution in [0.2, 0.25) is 0 Å². The number of nitrogens with zero attached hydrogens (tertiary/aromatic N) is 2. The molecule has 0 bridgehead atoms. The fourth-order valence-corrected chi connectivity index (χ4v) is 1.50. The van der Waals surface area contributed by atoms with Crippen molar-refractivity contribution < 1.29 is 22.1 Å². The van der Waals surface area contributed by atoms with E-state index in [-0.39, 0.29) is 18.2 Å². The second-order valence-electron chi connectivity index (χ2n) is 4.42. The smallest absolute Gasteiger partial charge is 0.253 e. The van der Waals surface area contributed by atoms with Gasteiger partial charge in [-0.3, -0.25) is 0 Å². The summed E-state index contributed by atoms with van der Waals surface area (Å²) in [6.07, 6.45) is 0. The number of anilines is 1. The number of hydrogen-bond acceptors (Lipinski definition) is 4. The summed E-state index contributed by atoms with van der Waals surface area (Å²) in [6, 6.07) is 1.58. The largest absolute Gasteiger partial charge is 0.373 e. The first-order valence-corrected chi connectivity index (χ1v) is 5.79. The van der Waals surface area contributed by atoms with E-state index in [9.17, 15) is 17.6 Å². The molecule has 4 nitrogen and oxygen atoms in total. The second kappa shape index (κ2) is 5.48. The van der Waals surface area contributed by atoms with Gasteiger partial charge in [-0.25, -0.2) is 0 Å². The molecule has 2 aromatic heterocycles. The first-order chi connectivity index (χ1) is 9.40. The Labute approximate surface area is 111 Å². The zero-order chi connectivity index (χ0) is 14.9. The van der Waals surface area contributed by atoms with Crippen LogP contribution in [0.4, 0.5) is 23.2 Å². The minimum atomic E-state index is -1.72. The number of hydrogen-bond donors (Lipinski definition) is 1. The van der Waals surface area contributed by atoms with E-state index >= 15 is 0 Å². The van der Waals surface area contributed by atoms with Gasteiger partial charge in [0.15, 0.2) is 5.76 Å². The van der Waals surface area contributed by atoms with Crippen LogP contribution >= 0.6 is 0 Å². The van der Waals surface area contributed by atoms with Crippen LogP contribution in [0.1, 0.15) is 31.2 Å². The number of nitrogens with one attached hydrogen (secondary N) is 1. The summed E-state index contributed by atoms with van der Waals surface area (Å²) in [4.78, 5) is 2.46. The van der Waals surface area contributed by atoms with Crippen LogP contribution < -0.4 is 5.32 Å². The molecule has 0 aliphatic carbocycles. The van der Waals surface area contributed by atoms with Crippen LogP contribution in [-0.2, 0) is 6.54 Å². The highest BCUT2D eigenvalue weighted by molar-refractivity contribution is 5.45. The Morgan fingerprint density at radius 2 is 1.75 bits per heavy atom. The molecule has 20 heavy (non-hydrogen) atoms. The Bertz CT molecular complexity index is 601. The highest BCUT2D eigenvalue weighted by atomic mass is 19.2. The molecule has 0 spiro atoms. The molecule has 0 aromatic carbocycles. The minimum Gasteiger partial charge on any atom is -0.373 e. The quantitative estimate of drug-likeness (QED) is 0.692. The van der Waals surface area contributed by atoms with E-state index in [0.717, 1.165) is 0 Å². The lowest BCUT2D eigenvalue weighted by atomic mass is 10.1. The van der Waals surface area contributed by atoms with Gasteiger partial charge in [0.05, 0.1) is 12.2 Å². The fourth-order valence-electron chi connectivity index (χ4n) is 1.50. The number of halogens is 4. The third-order valence-corrected chi connectivity index (χ3v) is 2.61. The summed E-state index contributed by atoms with van der Waals surface area (Å²) in [7, 11) is 0. The van der Waals surface area contributed by atoms with Crippen molar-refractivity contribution in [2.24, 2.45) is 0 Å². The van der Waals surface area contributed by atoms with Crippen LogP contribution in [-0.4, -0.2) is 10.1 Å². The third-order valence-electron chi connectivity index (χ3n) is 2.61. The lowest BCUT2D eigenvalue weighted by Gasteiger charge is -2.07. The lowest BCUT2D eigenvalue weighted by Crippen LogP contribution is -2.09. The summed E-state index contributed by atoms with van der Waals surface area (Å²) < 4.78 is 57.4. The van der Waals surface area contributed by atoms with Crippen molar-refractivity contribution in [3.8, 4) is 0 Å². The van der Waals surface area contributed by atoms with Crippen LogP contribution in [0, 0.1) is 23.5 Å². The van der Waals surface area contributed by atoms with Gasteiger partial charge >= 0.3 is 0 Å². The van der Waals surface area contributed by atoms with Crippen LogP contribution in [0.5, 0.6) is 0 Å². The predicted molar refractivity (Wildman–Crippen MR) is 62.0 cm³/mol. The normalized spacial score (nSPS) is 11.2. The Kier molecular flexibility index (Phi) is 3.91. The number of pyridine rings is 1. The summed E-state index contributed by atoms with van der Waals surface area (Å²) in [5, 5.41) is 5.97. The highest BCUT2D eigenvalue weighted by Gasteiger charge is 2.21. The topological polar surface area (TPSA) is 51.0 Å². The maximum absolute atomic E-state index is 13.3. The molecule has 0 amide bonds. The molecule has 2 rings (SSSR count). The molecule has 8 heteroatoms. The van der Waals surface area contributed by atoms with Gasteiger partial charge in [-0.1, -0.05) is 19.0 Å². The molecule has 0 aliphatic rings. The molecule has 0 radical (unpaired) electrons. The van der Waals surface area contributed by atoms with E-state index in [0.29, 0.717) is 5.69 Å². The van der Waals surface area contributed by atoms with Crippen molar-refractivity contribution in [3.63, 3.8) is 0 Å². The molecule has 108 valence electrons. The van der Waals surface area contributed by atoms with Gasteiger partial charge in [-0.05, 0) is 5.92 Å². The van der Waals surface area contributed by atoms with Crippen molar-refractivity contribution >= 4 is 5.69 Å². The number of rotatable bonds is 4. The Balaban J connectivity index is 2.18. The van der Waals surface area contributed by atoms with Gasteiger partial charge in [-0.15, -0.1) is 0 Å².